The molecule has 0 spiro atoms. The summed E-state index contributed by atoms with van der Waals surface area (Å²) in [4.78, 5) is 26.2. The van der Waals surface area contributed by atoms with Gasteiger partial charge >= 0.3 is 0 Å². The smallest absolute Gasteiger partial charge is 0.227 e. The van der Waals surface area contributed by atoms with Gasteiger partial charge in [0.05, 0.1) is 23.1 Å². The normalized spacial score (nSPS) is 20.9. The van der Waals surface area contributed by atoms with Gasteiger partial charge in [0.25, 0.3) is 0 Å². The molecule has 0 bridgehead atoms. The predicted octanol–water partition coefficient (Wildman–Crippen LogP) is 5.48. The lowest BCUT2D eigenvalue weighted by Gasteiger charge is -2.28. The SMILES string of the molecule is CCCCNc1ncc(-c2ccc(NC(=O)C3CCC3)cn2)c(NC2CCC(C)CC2)n1. The van der Waals surface area contributed by atoms with Gasteiger partial charge in [-0.25, -0.2) is 4.98 Å². The van der Waals surface area contributed by atoms with E-state index in [9.17, 15) is 4.79 Å². The van der Waals surface area contributed by atoms with Crippen LogP contribution in [0.15, 0.2) is 24.5 Å². The van der Waals surface area contributed by atoms with Crippen molar-refractivity contribution in [2.75, 3.05) is 22.5 Å². The summed E-state index contributed by atoms with van der Waals surface area (Å²) in [5.74, 6) is 2.54. The Balaban J connectivity index is 1.50. The summed E-state index contributed by atoms with van der Waals surface area (Å²) in [5, 5.41) is 9.99. The fourth-order valence-electron chi connectivity index (χ4n) is 4.28. The first-order valence-corrected chi connectivity index (χ1v) is 12.3. The van der Waals surface area contributed by atoms with Crippen molar-refractivity contribution in [3.8, 4) is 11.3 Å². The van der Waals surface area contributed by atoms with Crippen LogP contribution in [0.1, 0.15) is 71.6 Å². The zero-order valence-corrected chi connectivity index (χ0v) is 19.4. The molecule has 7 heteroatoms. The van der Waals surface area contributed by atoms with Crippen LogP contribution in [-0.4, -0.2) is 33.4 Å². The molecular weight excluding hydrogens is 400 g/mol. The number of carbonyl (C=O) groups excluding carboxylic acids is 1. The van der Waals surface area contributed by atoms with Gasteiger partial charge in [0, 0.05) is 24.7 Å². The number of hydrogen-bond donors (Lipinski definition) is 3. The zero-order valence-electron chi connectivity index (χ0n) is 19.4. The molecule has 0 aliphatic heterocycles. The number of carbonyl (C=O) groups is 1. The molecule has 2 fully saturated rings. The predicted molar refractivity (Wildman–Crippen MR) is 130 cm³/mol. The molecule has 1 amide bonds. The maximum atomic E-state index is 12.2. The Morgan fingerprint density at radius 2 is 1.88 bits per heavy atom. The van der Waals surface area contributed by atoms with E-state index in [1.165, 1.54) is 12.8 Å². The first-order chi connectivity index (χ1) is 15.6. The van der Waals surface area contributed by atoms with E-state index in [0.29, 0.717) is 12.0 Å². The molecule has 7 nitrogen and oxygen atoms in total. The van der Waals surface area contributed by atoms with E-state index in [-0.39, 0.29) is 11.8 Å². The van der Waals surface area contributed by atoms with Gasteiger partial charge in [0.15, 0.2) is 0 Å². The molecule has 4 rings (SSSR count). The second-order valence-electron chi connectivity index (χ2n) is 9.39. The molecule has 0 saturated heterocycles. The van der Waals surface area contributed by atoms with Crippen LogP contribution >= 0.6 is 0 Å². The van der Waals surface area contributed by atoms with Crippen LogP contribution in [0.2, 0.25) is 0 Å². The maximum absolute atomic E-state index is 12.2. The van der Waals surface area contributed by atoms with Gasteiger partial charge in [-0.1, -0.05) is 26.7 Å². The average Bonchev–Trinajstić information content (AvgIpc) is 2.75. The van der Waals surface area contributed by atoms with Crippen LogP contribution in [0.4, 0.5) is 17.5 Å². The Labute approximate surface area is 191 Å². The lowest BCUT2D eigenvalue weighted by Crippen LogP contribution is -2.28. The molecule has 2 aliphatic carbocycles. The van der Waals surface area contributed by atoms with Crippen LogP contribution in [0.5, 0.6) is 0 Å². The molecule has 2 aliphatic rings. The third-order valence-corrected chi connectivity index (χ3v) is 6.74. The molecule has 0 atom stereocenters. The number of nitrogens with zero attached hydrogens (tertiary/aromatic N) is 3. The van der Waals surface area contributed by atoms with Crippen molar-refractivity contribution < 1.29 is 4.79 Å². The molecule has 2 aromatic heterocycles. The van der Waals surface area contributed by atoms with Crippen molar-refractivity contribution in [3.05, 3.63) is 24.5 Å². The second-order valence-corrected chi connectivity index (χ2v) is 9.39. The Morgan fingerprint density at radius 1 is 1.06 bits per heavy atom. The number of hydrogen-bond acceptors (Lipinski definition) is 6. The monoisotopic (exact) mass is 436 g/mol. The number of nitrogens with one attached hydrogen (secondary N) is 3. The summed E-state index contributed by atoms with van der Waals surface area (Å²) in [7, 11) is 0. The first-order valence-electron chi connectivity index (χ1n) is 12.3. The highest BCUT2D eigenvalue weighted by Crippen LogP contribution is 2.31. The fraction of sp³-hybridized carbons (Fsp3) is 0.600. The topological polar surface area (TPSA) is 91.8 Å². The van der Waals surface area contributed by atoms with E-state index in [0.717, 1.165) is 80.2 Å². The Bertz CT molecular complexity index is 888. The standard InChI is InChI=1S/C25H36N6O/c1-3-4-14-26-25-28-16-21(23(31-25)29-19-10-8-17(2)9-11-19)22-13-12-20(15-27-22)30-24(32)18-6-5-7-18/h12-13,15-19H,3-11,14H2,1-2H3,(H,30,32)(H2,26,28,29,31). The van der Waals surface area contributed by atoms with Crippen molar-refractivity contribution in [2.45, 2.75) is 77.7 Å². The molecular formula is C25H36N6O. The van der Waals surface area contributed by atoms with Gasteiger partial charge in [0.2, 0.25) is 11.9 Å². The Morgan fingerprint density at radius 3 is 2.53 bits per heavy atom. The third-order valence-electron chi connectivity index (χ3n) is 6.74. The van der Waals surface area contributed by atoms with Gasteiger partial charge in [-0.05, 0) is 63.0 Å². The number of anilines is 3. The summed E-state index contributed by atoms with van der Waals surface area (Å²) in [5.41, 5.74) is 2.43. The van der Waals surface area contributed by atoms with E-state index >= 15 is 0 Å². The first kappa shape index (κ1) is 22.5. The van der Waals surface area contributed by atoms with Gasteiger partial charge < -0.3 is 16.0 Å². The van der Waals surface area contributed by atoms with Gasteiger partial charge in [-0.3, -0.25) is 9.78 Å². The maximum Gasteiger partial charge on any atom is 0.227 e. The fourth-order valence-corrected chi connectivity index (χ4v) is 4.28. The minimum Gasteiger partial charge on any atom is -0.367 e. The van der Waals surface area contributed by atoms with Crippen LogP contribution in [0, 0.1) is 11.8 Å². The van der Waals surface area contributed by atoms with Crippen molar-refractivity contribution >= 4 is 23.4 Å². The summed E-state index contributed by atoms with van der Waals surface area (Å²) in [6.45, 7) is 5.37. The highest BCUT2D eigenvalue weighted by molar-refractivity contribution is 5.93. The Kier molecular flexibility index (Phi) is 7.55. The molecule has 172 valence electrons. The van der Waals surface area contributed by atoms with E-state index in [2.05, 4.69) is 39.8 Å². The largest absolute Gasteiger partial charge is 0.367 e. The number of rotatable bonds is 9. The van der Waals surface area contributed by atoms with Crippen molar-refractivity contribution in [1.29, 1.82) is 0 Å². The minimum absolute atomic E-state index is 0.102. The second kappa shape index (κ2) is 10.7. The van der Waals surface area contributed by atoms with E-state index in [1.54, 1.807) is 6.20 Å². The zero-order chi connectivity index (χ0) is 22.3. The molecule has 3 N–H and O–H groups in total. The number of amides is 1. The lowest BCUT2D eigenvalue weighted by molar-refractivity contribution is -0.122. The van der Waals surface area contributed by atoms with E-state index < -0.39 is 0 Å². The summed E-state index contributed by atoms with van der Waals surface area (Å²) < 4.78 is 0. The highest BCUT2D eigenvalue weighted by atomic mass is 16.1. The average molecular weight is 437 g/mol. The van der Waals surface area contributed by atoms with Gasteiger partial charge in [0.1, 0.15) is 5.82 Å². The van der Waals surface area contributed by atoms with Crippen LogP contribution in [0.3, 0.4) is 0 Å². The molecule has 0 aromatic carbocycles. The minimum atomic E-state index is 0.102. The number of unbranched alkanes of at least 4 members (excludes halogenated alkanes) is 1. The summed E-state index contributed by atoms with van der Waals surface area (Å²) in [6, 6.07) is 4.27. The molecule has 2 aromatic rings. The third kappa shape index (κ3) is 5.75. The van der Waals surface area contributed by atoms with Crippen molar-refractivity contribution in [1.82, 2.24) is 15.0 Å². The molecule has 2 saturated carbocycles. The highest BCUT2D eigenvalue weighted by Gasteiger charge is 2.25. The summed E-state index contributed by atoms with van der Waals surface area (Å²) in [6.07, 6.45) is 13.7. The van der Waals surface area contributed by atoms with E-state index in [4.69, 9.17) is 4.98 Å². The van der Waals surface area contributed by atoms with Crippen LogP contribution in [0.25, 0.3) is 11.3 Å². The molecule has 0 radical (unpaired) electrons. The molecule has 32 heavy (non-hydrogen) atoms. The number of aromatic nitrogens is 3. The molecule has 0 unspecified atom stereocenters. The van der Waals surface area contributed by atoms with Gasteiger partial charge in [-0.15, -0.1) is 0 Å². The Hall–Kier alpha value is -2.70. The quantitative estimate of drug-likeness (QED) is 0.451. The van der Waals surface area contributed by atoms with Crippen molar-refractivity contribution in [3.63, 3.8) is 0 Å². The van der Waals surface area contributed by atoms with Crippen LogP contribution in [-0.2, 0) is 4.79 Å². The lowest BCUT2D eigenvalue weighted by atomic mass is 9.85. The van der Waals surface area contributed by atoms with Crippen molar-refractivity contribution in [2.24, 2.45) is 11.8 Å². The van der Waals surface area contributed by atoms with E-state index in [1.807, 2.05) is 18.3 Å². The van der Waals surface area contributed by atoms with Crippen LogP contribution < -0.4 is 16.0 Å². The molecule has 2 heterocycles. The number of pyridine rings is 1. The summed E-state index contributed by atoms with van der Waals surface area (Å²) >= 11 is 0. The van der Waals surface area contributed by atoms with Gasteiger partial charge in [-0.2, -0.15) is 4.98 Å².